The lowest BCUT2D eigenvalue weighted by Gasteiger charge is -2.04. The van der Waals surface area contributed by atoms with Gasteiger partial charge in [0.1, 0.15) is 0 Å². The van der Waals surface area contributed by atoms with Gasteiger partial charge in [-0.3, -0.25) is 9.89 Å². The molecule has 0 aliphatic heterocycles. The summed E-state index contributed by atoms with van der Waals surface area (Å²) >= 11 is 0. The highest BCUT2D eigenvalue weighted by Crippen LogP contribution is 2.25. The number of nitrogens with zero attached hydrogens (tertiary/aromatic N) is 1. The minimum Gasteiger partial charge on any atom is -0.447 e. The van der Waals surface area contributed by atoms with Crippen molar-refractivity contribution < 1.29 is 13.5 Å². The monoisotopic (exact) mass is 237 g/mol. The van der Waals surface area contributed by atoms with Crippen molar-refractivity contribution in [1.29, 1.82) is 5.26 Å². The van der Waals surface area contributed by atoms with Gasteiger partial charge in [-0.05, 0) is 6.07 Å². The molecule has 1 aromatic carbocycles. The van der Waals surface area contributed by atoms with Crippen molar-refractivity contribution in [3.8, 4) is 17.6 Å². The number of rotatable bonds is 2. The van der Waals surface area contributed by atoms with E-state index in [2.05, 4.69) is 10.2 Å². The first-order chi connectivity index (χ1) is 8.11. The van der Waals surface area contributed by atoms with E-state index in [9.17, 15) is 13.6 Å². The first kappa shape index (κ1) is 10.9. The molecule has 2 N–H and O–H groups in total. The Labute approximate surface area is 93.2 Å². The molecule has 0 bridgehead atoms. The highest BCUT2D eigenvalue weighted by molar-refractivity contribution is 5.40. The Morgan fingerprint density at radius 2 is 2.06 bits per heavy atom. The van der Waals surface area contributed by atoms with Crippen LogP contribution in [0.2, 0.25) is 0 Å². The quantitative estimate of drug-likeness (QED) is 0.833. The summed E-state index contributed by atoms with van der Waals surface area (Å²) in [5.41, 5.74) is -0.724. The van der Waals surface area contributed by atoms with Crippen LogP contribution in [0.5, 0.6) is 11.5 Å². The fourth-order valence-corrected chi connectivity index (χ4v) is 1.19. The lowest BCUT2D eigenvalue weighted by Crippen LogP contribution is -2.03. The average molecular weight is 237 g/mol. The van der Waals surface area contributed by atoms with Crippen molar-refractivity contribution in [3.63, 3.8) is 0 Å². The fourth-order valence-electron chi connectivity index (χ4n) is 1.19. The minimum absolute atomic E-state index is 0.106. The molecular formula is C10H5F2N3O2. The summed E-state index contributed by atoms with van der Waals surface area (Å²) in [4.78, 5) is 11.1. The summed E-state index contributed by atoms with van der Waals surface area (Å²) < 4.78 is 31.2. The molecule has 5 nitrogen and oxygen atoms in total. The van der Waals surface area contributed by atoms with Crippen molar-refractivity contribution in [1.82, 2.24) is 10.2 Å². The highest BCUT2D eigenvalue weighted by Gasteiger charge is 2.14. The second kappa shape index (κ2) is 4.09. The second-order valence-corrected chi connectivity index (χ2v) is 3.09. The van der Waals surface area contributed by atoms with Crippen molar-refractivity contribution in [2.45, 2.75) is 0 Å². The molecule has 1 heterocycles. The summed E-state index contributed by atoms with van der Waals surface area (Å²) in [6.07, 6.45) is 1.15. The molecule has 0 unspecified atom stereocenters. The zero-order chi connectivity index (χ0) is 12.4. The molecule has 0 fully saturated rings. The van der Waals surface area contributed by atoms with Gasteiger partial charge in [0.15, 0.2) is 11.6 Å². The Kier molecular flexibility index (Phi) is 2.62. The van der Waals surface area contributed by atoms with Crippen LogP contribution in [0.1, 0.15) is 5.56 Å². The van der Waals surface area contributed by atoms with E-state index >= 15 is 0 Å². The first-order valence-corrected chi connectivity index (χ1v) is 4.45. The molecule has 0 saturated heterocycles. The Morgan fingerprint density at radius 3 is 2.65 bits per heavy atom. The third-order valence-electron chi connectivity index (χ3n) is 1.96. The third kappa shape index (κ3) is 2.01. The maximum Gasteiger partial charge on any atom is 0.306 e. The number of ether oxygens (including phenoxy) is 1. The number of benzene rings is 1. The molecule has 0 radical (unpaired) electrons. The summed E-state index contributed by atoms with van der Waals surface area (Å²) in [5.74, 6) is -3.22. The topological polar surface area (TPSA) is 81.7 Å². The third-order valence-corrected chi connectivity index (χ3v) is 1.96. The van der Waals surface area contributed by atoms with Crippen LogP contribution in [0.15, 0.2) is 23.1 Å². The van der Waals surface area contributed by atoms with Crippen LogP contribution in [0.25, 0.3) is 0 Å². The van der Waals surface area contributed by atoms with Crippen molar-refractivity contribution in [2.75, 3.05) is 0 Å². The Bertz CT molecular complexity index is 654. The lowest BCUT2D eigenvalue weighted by atomic mass is 10.2. The highest BCUT2D eigenvalue weighted by atomic mass is 19.2. The SMILES string of the molecule is N#Cc1cc(F)c(F)c(Oc2c[nH][nH]c2=O)c1. The number of aromatic nitrogens is 2. The minimum atomic E-state index is -1.26. The zero-order valence-corrected chi connectivity index (χ0v) is 8.25. The number of H-pyrrole nitrogens is 2. The first-order valence-electron chi connectivity index (χ1n) is 4.45. The van der Waals surface area contributed by atoms with E-state index in [-0.39, 0.29) is 11.3 Å². The van der Waals surface area contributed by atoms with Crippen molar-refractivity contribution in [3.05, 3.63) is 45.9 Å². The van der Waals surface area contributed by atoms with Gasteiger partial charge >= 0.3 is 5.56 Å². The van der Waals surface area contributed by atoms with Crippen molar-refractivity contribution in [2.24, 2.45) is 0 Å². The molecular weight excluding hydrogens is 232 g/mol. The van der Waals surface area contributed by atoms with Crippen LogP contribution < -0.4 is 10.3 Å². The number of nitrogens with one attached hydrogen (secondary N) is 2. The van der Waals surface area contributed by atoms with Gasteiger partial charge < -0.3 is 9.84 Å². The molecule has 0 spiro atoms. The number of hydrogen-bond donors (Lipinski definition) is 2. The Hall–Kier alpha value is -2.62. The summed E-state index contributed by atoms with van der Waals surface area (Å²) in [6, 6.07) is 3.39. The van der Waals surface area contributed by atoms with Gasteiger partial charge in [0.2, 0.25) is 11.6 Å². The number of aromatic amines is 2. The van der Waals surface area contributed by atoms with Crippen LogP contribution in [0.3, 0.4) is 0 Å². The maximum absolute atomic E-state index is 13.3. The van der Waals surface area contributed by atoms with E-state index in [1.54, 1.807) is 6.07 Å². The van der Waals surface area contributed by atoms with E-state index in [4.69, 9.17) is 10.00 Å². The summed E-state index contributed by atoms with van der Waals surface area (Å²) in [6.45, 7) is 0. The van der Waals surface area contributed by atoms with Gasteiger partial charge in [-0.2, -0.15) is 9.65 Å². The number of halogens is 2. The average Bonchev–Trinajstić information content (AvgIpc) is 2.70. The molecule has 86 valence electrons. The van der Waals surface area contributed by atoms with Crippen molar-refractivity contribution >= 4 is 0 Å². The molecule has 0 saturated carbocycles. The predicted octanol–water partition coefficient (Wildman–Crippen LogP) is 1.65. The van der Waals surface area contributed by atoms with E-state index in [0.717, 1.165) is 18.3 Å². The molecule has 7 heteroatoms. The van der Waals surface area contributed by atoms with Crippen LogP contribution in [-0.4, -0.2) is 10.2 Å². The molecule has 0 atom stereocenters. The summed E-state index contributed by atoms with van der Waals surface area (Å²) in [7, 11) is 0. The maximum atomic E-state index is 13.3. The van der Waals surface area contributed by atoms with Gasteiger partial charge in [0, 0.05) is 6.07 Å². The number of nitriles is 1. The predicted molar refractivity (Wildman–Crippen MR) is 52.6 cm³/mol. The van der Waals surface area contributed by atoms with Gasteiger partial charge in [-0.25, -0.2) is 4.39 Å². The normalized spacial score (nSPS) is 9.94. The summed E-state index contributed by atoms with van der Waals surface area (Å²) in [5, 5.41) is 13.1. The largest absolute Gasteiger partial charge is 0.447 e. The molecule has 0 aliphatic carbocycles. The van der Waals surface area contributed by atoms with E-state index < -0.39 is 22.9 Å². The van der Waals surface area contributed by atoms with Crippen LogP contribution >= 0.6 is 0 Å². The van der Waals surface area contributed by atoms with Crippen LogP contribution in [0.4, 0.5) is 8.78 Å². The molecule has 0 aliphatic rings. The molecule has 2 aromatic rings. The van der Waals surface area contributed by atoms with Crippen LogP contribution in [-0.2, 0) is 0 Å². The van der Waals surface area contributed by atoms with Crippen LogP contribution in [0, 0.1) is 23.0 Å². The Balaban J connectivity index is 2.46. The van der Waals surface area contributed by atoms with Gasteiger partial charge in [0.05, 0.1) is 17.8 Å². The van der Waals surface area contributed by atoms with E-state index in [1.807, 2.05) is 0 Å². The van der Waals surface area contributed by atoms with Gasteiger partial charge in [-0.15, -0.1) is 0 Å². The van der Waals surface area contributed by atoms with E-state index in [1.165, 1.54) is 0 Å². The number of hydrogen-bond acceptors (Lipinski definition) is 3. The van der Waals surface area contributed by atoms with Gasteiger partial charge in [-0.1, -0.05) is 0 Å². The standard InChI is InChI=1S/C10H5F2N3O2/c11-6-1-5(3-13)2-7(9(6)12)17-8-4-14-15-10(8)16/h1-2,4H,(H2,14,15,16). The molecule has 1 aromatic heterocycles. The lowest BCUT2D eigenvalue weighted by molar-refractivity contribution is 0.413. The zero-order valence-electron chi connectivity index (χ0n) is 8.25. The molecule has 2 rings (SSSR count). The van der Waals surface area contributed by atoms with Gasteiger partial charge in [0.25, 0.3) is 0 Å². The Morgan fingerprint density at radius 1 is 1.29 bits per heavy atom. The smallest absolute Gasteiger partial charge is 0.306 e. The second-order valence-electron chi connectivity index (χ2n) is 3.09. The molecule has 17 heavy (non-hydrogen) atoms. The fraction of sp³-hybridized carbons (Fsp3) is 0. The molecule has 0 amide bonds. The van der Waals surface area contributed by atoms with E-state index in [0.29, 0.717) is 0 Å².